The molecule has 17 heavy (non-hydrogen) atoms. The first-order valence-corrected chi connectivity index (χ1v) is 4.84. The second-order valence-corrected chi connectivity index (χ2v) is 3.77. The Balaban J connectivity index is -0.000000490. The van der Waals surface area contributed by atoms with Crippen LogP contribution in [0.4, 0.5) is 0 Å². The van der Waals surface area contributed by atoms with Crippen molar-refractivity contribution in [2.45, 2.75) is 26.7 Å². The summed E-state index contributed by atoms with van der Waals surface area (Å²) in [7, 11) is 0. The van der Waals surface area contributed by atoms with Crippen molar-refractivity contribution in [3.8, 4) is 0 Å². The van der Waals surface area contributed by atoms with Gasteiger partial charge in [0.15, 0.2) is 0 Å². The van der Waals surface area contributed by atoms with Crippen LogP contribution < -0.4 is 37.2 Å². The number of allylic oxidation sites excluding steroid dienone is 8. The van der Waals surface area contributed by atoms with E-state index in [2.05, 4.69) is 44.6 Å². The summed E-state index contributed by atoms with van der Waals surface area (Å²) >= 11 is 0. The van der Waals surface area contributed by atoms with Crippen LogP contribution in [0.25, 0.3) is 0 Å². The molecule has 0 fully saturated rings. The van der Waals surface area contributed by atoms with Gasteiger partial charge in [-0.15, -0.1) is 34.4 Å². The quantitative estimate of drug-likeness (QED) is 0.427. The SMILES string of the molecule is CC1=C([CH-]C2=C(C)C=CC2)CC=C1.[Cl-].[Cl-].[Cl-].[Zr+4]. The van der Waals surface area contributed by atoms with Gasteiger partial charge >= 0.3 is 26.2 Å². The largest absolute Gasteiger partial charge is 4.00 e. The standard InChI is InChI=1S/C13H15.3ClH.Zr/c1-10-5-3-7-12(10)9-13-8-4-6-11(13)2;;;;/h3-6,9H,7-8H2,1-2H3;3*1H;/q-1;;;;+4/p-3. The van der Waals surface area contributed by atoms with E-state index in [0.29, 0.717) is 0 Å². The molecule has 0 bridgehead atoms. The second kappa shape index (κ2) is 10.5. The van der Waals surface area contributed by atoms with Crippen LogP contribution in [-0.2, 0) is 26.2 Å². The molecule has 0 aromatic rings. The zero-order valence-corrected chi connectivity index (χ0v) is 14.7. The van der Waals surface area contributed by atoms with Crippen LogP contribution in [0.2, 0.25) is 0 Å². The van der Waals surface area contributed by atoms with Crippen molar-refractivity contribution in [2.24, 2.45) is 0 Å². The van der Waals surface area contributed by atoms with Crippen molar-refractivity contribution >= 4 is 0 Å². The molecule has 0 aliphatic heterocycles. The molecule has 0 spiro atoms. The summed E-state index contributed by atoms with van der Waals surface area (Å²) in [5.41, 5.74) is 5.82. The van der Waals surface area contributed by atoms with E-state index in [4.69, 9.17) is 0 Å². The molecule has 0 unspecified atom stereocenters. The predicted octanol–water partition coefficient (Wildman–Crippen LogP) is -5.25. The minimum Gasteiger partial charge on any atom is -1.00 e. The third-order valence-electron chi connectivity index (χ3n) is 2.77. The van der Waals surface area contributed by atoms with Gasteiger partial charge in [-0.2, -0.15) is 6.42 Å². The van der Waals surface area contributed by atoms with E-state index in [-0.39, 0.29) is 63.4 Å². The first-order chi connectivity index (χ1) is 6.27. The Kier molecular flexibility index (Phi) is 14.0. The van der Waals surface area contributed by atoms with Crippen molar-refractivity contribution < 1.29 is 63.4 Å². The topological polar surface area (TPSA) is 0 Å². The predicted molar refractivity (Wildman–Crippen MR) is 57.2 cm³/mol. The Morgan fingerprint density at radius 3 is 1.41 bits per heavy atom. The Morgan fingerprint density at radius 2 is 1.18 bits per heavy atom. The molecule has 4 heteroatoms. The van der Waals surface area contributed by atoms with E-state index in [0.717, 1.165) is 12.8 Å². The Morgan fingerprint density at radius 1 is 0.824 bits per heavy atom. The van der Waals surface area contributed by atoms with E-state index in [1.807, 2.05) is 0 Å². The smallest absolute Gasteiger partial charge is 1.00 e. The van der Waals surface area contributed by atoms with Crippen LogP contribution in [0.15, 0.2) is 46.6 Å². The molecular weight excluding hydrogens is 354 g/mol. The van der Waals surface area contributed by atoms with Crippen molar-refractivity contribution in [2.75, 3.05) is 0 Å². The molecule has 2 aliphatic carbocycles. The molecule has 0 heterocycles. The zero-order chi connectivity index (χ0) is 9.26. The average molecular weight is 369 g/mol. The second-order valence-electron chi connectivity index (χ2n) is 3.77. The molecule has 0 saturated carbocycles. The maximum atomic E-state index is 2.35. The van der Waals surface area contributed by atoms with E-state index in [1.165, 1.54) is 22.3 Å². The summed E-state index contributed by atoms with van der Waals surface area (Å²) in [6.07, 6.45) is 13.5. The van der Waals surface area contributed by atoms with Crippen molar-refractivity contribution in [1.82, 2.24) is 0 Å². The fourth-order valence-corrected chi connectivity index (χ4v) is 1.82. The molecule has 0 N–H and O–H groups in total. The fourth-order valence-electron chi connectivity index (χ4n) is 1.82. The van der Waals surface area contributed by atoms with Gasteiger partial charge in [-0.1, -0.05) is 26.0 Å². The van der Waals surface area contributed by atoms with Gasteiger partial charge in [0.1, 0.15) is 0 Å². The molecule has 0 atom stereocenters. The average Bonchev–Trinajstić information content (AvgIpc) is 2.65. The van der Waals surface area contributed by atoms with Gasteiger partial charge in [0.05, 0.1) is 0 Å². The molecule has 2 rings (SSSR count). The normalized spacial score (nSPS) is 15.9. The Labute approximate surface area is 142 Å². The summed E-state index contributed by atoms with van der Waals surface area (Å²) in [5.74, 6) is 0. The number of hydrogen-bond acceptors (Lipinski definition) is 0. The minimum absolute atomic E-state index is 0. The van der Waals surface area contributed by atoms with Crippen molar-refractivity contribution in [1.29, 1.82) is 0 Å². The molecule has 0 amide bonds. The Hall–Kier alpha value is 0.583. The fraction of sp³-hybridized carbons (Fsp3) is 0.308. The Bertz CT molecular complexity index is 318. The molecule has 92 valence electrons. The zero-order valence-electron chi connectivity index (χ0n) is 9.93. The minimum atomic E-state index is 0. The summed E-state index contributed by atoms with van der Waals surface area (Å²) in [6, 6.07) is 0. The van der Waals surface area contributed by atoms with Gasteiger partial charge in [-0.3, -0.25) is 0 Å². The van der Waals surface area contributed by atoms with Gasteiger partial charge in [-0.05, 0) is 12.8 Å². The van der Waals surface area contributed by atoms with Gasteiger partial charge in [0.2, 0.25) is 0 Å². The van der Waals surface area contributed by atoms with Crippen molar-refractivity contribution in [3.05, 3.63) is 53.0 Å². The monoisotopic (exact) mass is 366 g/mol. The number of rotatable bonds is 2. The maximum Gasteiger partial charge on any atom is 4.00 e. The van der Waals surface area contributed by atoms with Crippen LogP contribution in [-0.4, -0.2) is 0 Å². The first-order valence-electron chi connectivity index (χ1n) is 4.84. The third-order valence-corrected chi connectivity index (χ3v) is 2.77. The van der Waals surface area contributed by atoms with Crippen LogP contribution in [0.1, 0.15) is 26.7 Å². The number of halogens is 3. The summed E-state index contributed by atoms with van der Waals surface area (Å²) in [5, 5.41) is 0. The van der Waals surface area contributed by atoms with Crippen molar-refractivity contribution in [3.63, 3.8) is 0 Å². The van der Waals surface area contributed by atoms with E-state index in [1.54, 1.807) is 0 Å². The molecule has 0 saturated heterocycles. The maximum absolute atomic E-state index is 2.35. The molecule has 0 radical (unpaired) electrons. The van der Waals surface area contributed by atoms with Crippen LogP contribution in [0.5, 0.6) is 0 Å². The van der Waals surface area contributed by atoms with Crippen LogP contribution in [0, 0.1) is 6.42 Å². The van der Waals surface area contributed by atoms with E-state index in [9.17, 15) is 0 Å². The molecule has 0 aromatic carbocycles. The number of hydrogen-bond donors (Lipinski definition) is 0. The van der Waals surface area contributed by atoms with E-state index < -0.39 is 0 Å². The van der Waals surface area contributed by atoms with E-state index >= 15 is 0 Å². The molecule has 2 aliphatic rings. The summed E-state index contributed by atoms with van der Waals surface area (Å²) < 4.78 is 0. The van der Waals surface area contributed by atoms with Gasteiger partial charge in [-0.25, -0.2) is 0 Å². The van der Waals surface area contributed by atoms with Crippen LogP contribution in [0.3, 0.4) is 0 Å². The van der Waals surface area contributed by atoms with Gasteiger partial charge in [0.25, 0.3) is 0 Å². The summed E-state index contributed by atoms with van der Waals surface area (Å²) in [6.45, 7) is 4.38. The van der Waals surface area contributed by atoms with Crippen LogP contribution >= 0.6 is 0 Å². The van der Waals surface area contributed by atoms with Gasteiger partial charge < -0.3 is 37.2 Å². The van der Waals surface area contributed by atoms with Gasteiger partial charge in [0, 0.05) is 0 Å². The molecule has 0 aromatic heterocycles. The molecule has 0 nitrogen and oxygen atoms in total. The third kappa shape index (κ3) is 5.84. The molecular formula is C13H15Cl3Zr. The summed E-state index contributed by atoms with van der Waals surface area (Å²) in [4.78, 5) is 0. The first kappa shape index (κ1) is 22.7.